The lowest BCUT2D eigenvalue weighted by Crippen LogP contribution is -2.44. The monoisotopic (exact) mass is 314 g/mol. The van der Waals surface area contributed by atoms with Crippen molar-refractivity contribution in [3.63, 3.8) is 0 Å². The van der Waals surface area contributed by atoms with Crippen LogP contribution in [0.25, 0.3) is 0 Å². The molecule has 1 aromatic carbocycles. The highest BCUT2D eigenvalue weighted by Gasteiger charge is 2.30. The first-order chi connectivity index (χ1) is 9.81. The van der Waals surface area contributed by atoms with Crippen molar-refractivity contribution in [1.29, 1.82) is 0 Å². The molecule has 1 aliphatic heterocycles. The van der Waals surface area contributed by atoms with Gasteiger partial charge in [0.15, 0.2) is 0 Å². The number of nitrogens with zero attached hydrogens (tertiary/aromatic N) is 1. The zero-order chi connectivity index (χ0) is 15.6. The van der Waals surface area contributed by atoms with E-state index in [-0.39, 0.29) is 17.3 Å². The Morgan fingerprint density at radius 1 is 1.38 bits per heavy atom. The molecule has 3 N–H and O–H groups in total. The molecule has 21 heavy (non-hydrogen) atoms. The topological polar surface area (TPSA) is 107 Å². The third kappa shape index (κ3) is 3.45. The molecule has 7 nitrogen and oxygen atoms in total. The Hall–Kier alpha value is -1.80. The molecule has 1 fully saturated rings. The summed E-state index contributed by atoms with van der Waals surface area (Å²) in [5.41, 5.74) is -0.139. The van der Waals surface area contributed by atoms with Gasteiger partial charge in [0.25, 0.3) is 0 Å². The van der Waals surface area contributed by atoms with E-state index in [0.29, 0.717) is 6.54 Å². The van der Waals surface area contributed by atoms with Gasteiger partial charge in [-0.25, -0.2) is 4.79 Å². The fourth-order valence-corrected chi connectivity index (χ4v) is 3.89. The van der Waals surface area contributed by atoms with E-state index in [2.05, 4.69) is 4.72 Å². The molecule has 8 heteroatoms. The van der Waals surface area contributed by atoms with E-state index >= 15 is 0 Å². The van der Waals surface area contributed by atoms with Crippen molar-refractivity contribution < 1.29 is 23.4 Å². The summed E-state index contributed by atoms with van der Waals surface area (Å²) in [6.45, 7) is 2.27. The van der Waals surface area contributed by atoms with Crippen molar-refractivity contribution in [2.75, 3.05) is 11.3 Å². The van der Waals surface area contributed by atoms with Crippen molar-refractivity contribution in [3.8, 4) is 5.75 Å². The van der Waals surface area contributed by atoms with Crippen LogP contribution in [-0.4, -0.2) is 41.5 Å². The van der Waals surface area contributed by atoms with Crippen LogP contribution in [0.1, 0.15) is 36.5 Å². The van der Waals surface area contributed by atoms with Crippen molar-refractivity contribution in [2.45, 2.75) is 32.2 Å². The molecule has 1 heterocycles. The Morgan fingerprint density at radius 3 is 2.67 bits per heavy atom. The second-order valence-electron chi connectivity index (χ2n) is 5.10. The number of carboxylic acid groups (broad SMARTS) is 1. The van der Waals surface area contributed by atoms with Gasteiger partial charge >= 0.3 is 16.2 Å². The normalized spacial score (nSPS) is 20.1. The third-order valence-corrected chi connectivity index (χ3v) is 5.17. The second-order valence-corrected chi connectivity index (χ2v) is 6.72. The van der Waals surface area contributed by atoms with E-state index in [1.165, 1.54) is 16.4 Å². The maximum absolute atomic E-state index is 12.3. The summed E-state index contributed by atoms with van der Waals surface area (Å²) in [4.78, 5) is 10.8. The number of benzene rings is 1. The third-order valence-electron chi connectivity index (χ3n) is 3.53. The van der Waals surface area contributed by atoms with E-state index in [1.54, 1.807) is 0 Å². The summed E-state index contributed by atoms with van der Waals surface area (Å²) in [6, 6.07) is 3.39. The maximum atomic E-state index is 12.3. The number of nitrogens with one attached hydrogen (secondary N) is 1. The van der Waals surface area contributed by atoms with E-state index < -0.39 is 21.9 Å². The van der Waals surface area contributed by atoms with E-state index in [9.17, 15) is 18.3 Å². The number of anilines is 1. The Balaban J connectivity index is 2.22. The average molecular weight is 314 g/mol. The molecule has 1 aromatic rings. The van der Waals surface area contributed by atoms with Crippen LogP contribution in [0.2, 0.25) is 0 Å². The lowest BCUT2D eigenvalue weighted by Gasteiger charge is -2.32. The van der Waals surface area contributed by atoms with Gasteiger partial charge in [-0.05, 0) is 38.0 Å². The number of carboxylic acids is 1. The summed E-state index contributed by atoms with van der Waals surface area (Å²) in [6.07, 6.45) is 2.59. The van der Waals surface area contributed by atoms with Gasteiger partial charge in [-0.1, -0.05) is 6.42 Å². The lowest BCUT2D eigenvalue weighted by molar-refractivity contribution is 0.0696. The van der Waals surface area contributed by atoms with Gasteiger partial charge in [0.2, 0.25) is 0 Å². The van der Waals surface area contributed by atoms with Gasteiger partial charge in [-0.15, -0.1) is 0 Å². The van der Waals surface area contributed by atoms with Crippen LogP contribution in [-0.2, 0) is 10.2 Å². The quantitative estimate of drug-likeness (QED) is 0.732. The van der Waals surface area contributed by atoms with Crippen LogP contribution in [0, 0.1) is 0 Å². The number of aromatic hydroxyl groups is 1. The SMILES string of the molecule is CC1CCCCN1S(=O)(=O)Nc1ccc(C(=O)O)cc1O. The molecule has 0 amide bonds. The number of rotatable bonds is 4. The molecular weight excluding hydrogens is 296 g/mol. The van der Waals surface area contributed by atoms with Crippen LogP contribution < -0.4 is 4.72 Å². The Labute approximate surface area is 123 Å². The van der Waals surface area contributed by atoms with Gasteiger partial charge in [-0.3, -0.25) is 4.72 Å². The molecule has 1 unspecified atom stereocenters. The van der Waals surface area contributed by atoms with Crippen LogP contribution in [0.3, 0.4) is 0 Å². The van der Waals surface area contributed by atoms with E-state index in [4.69, 9.17) is 5.11 Å². The van der Waals surface area contributed by atoms with Crippen LogP contribution in [0.4, 0.5) is 5.69 Å². The predicted molar refractivity (Wildman–Crippen MR) is 77.6 cm³/mol. The molecule has 1 aliphatic rings. The number of hydrogen-bond acceptors (Lipinski definition) is 4. The largest absolute Gasteiger partial charge is 0.506 e. The summed E-state index contributed by atoms with van der Waals surface area (Å²) in [7, 11) is -3.77. The summed E-state index contributed by atoms with van der Waals surface area (Å²) in [5.74, 6) is -1.60. The molecular formula is C13H18N2O5S. The number of phenolic OH excluding ortho intramolecular Hbond substituents is 1. The molecule has 0 spiro atoms. The Bertz CT molecular complexity index is 644. The second kappa shape index (κ2) is 5.90. The van der Waals surface area contributed by atoms with Crippen molar-refractivity contribution in [2.24, 2.45) is 0 Å². The van der Waals surface area contributed by atoms with Crippen molar-refractivity contribution in [3.05, 3.63) is 23.8 Å². The molecule has 1 atom stereocenters. The first-order valence-corrected chi connectivity index (χ1v) is 8.11. The Morgan fingerprint density at radius 2 is 2.10 bits per heavy atom. The highest BCUT2D eigenvalue weighted by molar-refractivity contribution is 7.90. The fraction of sp³-hybridized carbons (Fsp3) is 0.462. The molecule has 0 aliphatic carbocycles. The van der Waals surface area contributed by atoms with Gasteiger partial charge < -0.3 is 10.2 Å². The van der Waals surface area contributed by atoms with Gasteiger partial charge in [0, 0.05) is 12.6 Å². The maximum Gasteiger partial charge on any atom is 0.335 e. The van der Waals surface area contributed by atoms with Crippen molar-refractivity contribution >= 4 is 21.9 Å². The van der Waals surface area contributed by atoms with Crippen LogP contribution in [0.15, 0.2) is 18.2 Å². The number of phenols is 1. The minimum Gasteiger partial charge on any atom is -0.506 e. The average Bonchev–Trinajstić information content (AvgIpc) is 2.41. The molecule has 0 aromatic heterocycles. The summed E-state index contributed by atoms with van der Waals surface area (Å²) < 4.78 is 28.3. The highest BCUT2D eigenvalue weighted by atomic mass is 32.2. The van der Waals surface area contributed by atoms with Crippen LogP contribution >= 0.6 is 0 Å². The molecule has 0 bridgehead atoms. The summed E-state index contributed by atoms with van der Waals surface area (Å²) in [5, 5.41) is 18.6. The number of piperidine rings is 1. The van der Waals surface area contributed by atoms with Gasteiger partial charge in [0.05, 0.1) is 11.3 Å². The van der Waals surface area contributed by atoms with E-state index in [1.807, 2.05) is 6.92 Å². The molecule has 0 saturated carbocycles. The first kappa shape index (κ1) is 15.6. The number of aromatic carboxylic acids is 1. The Kier molecular flexibility index (Phi) is 4.38. The smallest absolute Gasteiger partial charge is 0.335 e. The van der Waals surface area contributed by atoms with Crippen molar-refractivity contribution in [1.82, 2.24) is 4.31 Å². The van der Waals surface area contributed by atoms with Gasteiger partial charge in [0.1, 0.15) is 5.75 Å². The molecule has 1 saturated heterocycles. The number of carbonyl (C=O) groups is 1. The minimum atomic E-state index is -3.77. The standard InChI is InChI=1S/C13H18N2O5S/c1-9-4-2-3-7-15(9)21(19,20)14-11-6-5-10(13(17)18)8-12(11)16/h5-6,8-9,14,16H,2-4,7H2,1H3,(H,17,18). The lowest BCUT2D eigenvalue weighted by atomic mass is 10.1. The van der Waals surface area contributed by atoms with Crippen LogP contribution in [0.5, 0.6) is 5.75 Å². The van der Waals surface area contributed by atoms with Gasteiger partial charge in [-0.2, -0.15) is 12.7 Å². The zero-order valence-electron chi connectivity index (χ0n) is 11.6. The zero-order valence-corrected chi connectivity index (χ0v) is 12.4. The molecule has 0 radical (unpaired) electrons. The first-order valence-electron chi connectivity index (χ1n) is 6.67. The highest BCUT2D eigenvalue weighted by Crippen LogP contribution is 2.28. The summed E-state index contributed by atoms with van der Waals surface area (Å²) >= 11 is 0. The predicted octanol–water partition coefficient (Wildman–Crippen LogP) is 1.62. The van der Waals surface area contributed by atoms with E-state index in [0.717, 1.165) is 25.3 Å². The molecule has 2 rings (SSSR count). The fourth-order valence-electron chi connectivity index (χ4n) is 2.38. The number of hydrogen-bond donors (Lipinski definition) is 3. The molecule has 116 valence electrons. The minimum absolute atomic E-state index is 0.0298.